The molecule has 0 N–H and O–H groups in total. The van der Waals surface area contributed by atoms with E-state index in [2.05, 4.69) is 16.1 Å². The molecule has 0 fully saturated rings. The maximum absolute atomic E-state index is 11.7. The lowest BCUT2D eigenvalue weighted by Crippen LogP contribution is -2.19. The highest BCUT2D eigenvalue weighted by atomic mass is 19.4. The van der Waals surface area contributed by atoms with Crippen molar-refractivity contribution >= 4 is 11.9 Å². The molecule has 1 aromatic rings. The summed E-state index contributed by atoms with van der Waals surface area (Å²) in [6.07, 6.45) is -4.98. The molecular weight excluding hydrogens is 277 g/mol. The van der Waals surface area contributed by atoms with E-state index in [4.69, 9.17) is 0 Å². The first-order valence-electron chi connectivity index (χ1n) is 5.31. The van der Waals surface area contributed by atoms with Gasteiger partial charge in [0.05, 0.1) is 7.11 Å². The molecule has 1 aromatic carbocycles. The molecule has 0 aliphatic heterocycles. The summed E-state index contributed by atoms with van der Waals surface area (Å²) in [6.45, 7) is 3.16. The van der Waals surface area contributed by atoms with Crippen molar-refractivity contribution in [3.63, 3.8) is 0 Å². The van der Waals surface area contributed by atoms with Crippen LogP contribution >= 0.6 is 0 Å². The number of benzene rings is 1. The van der Waals surface area contributed by atoms with Crippen molar-refractivity contribution in [2.75, 3.05) is 7.11 Å². The summed E-state index contributed by atoms with van der Waals surface area (Å²) >= 11 is 0. The highest BCUT2D eigenvalue weighted by molar-refractivity contribution is 5.80. The molecule has 0 saturated heterocycles. The minimum Gasteiger partial charge on any atom is -0.466 e. The quantitative estimate of drug-likeness (QED) is 0.488. The number of rotatable bonds is 3. The molecule has 0 heterocycles. The van der Waals surface area contributed by atoms with E-state index in [-0.39, 0.29) is 5.75 Å². The summed E-state index contributed by atoms with van der Waals surface area (Å²) in [5.74, 6) is -1.58. The summed E-state index contributed by atoms with van der Waals surface area (Å²) < 4.78 is 43.7. The lowest BCUT2D eigenvalue weighted by Gasteiger charge is -2.06. The van der Waals surface area contributed by atoms with Crippen LogP contribution in [0.3, 0.4) is 0 Å². The Labute approximate surface area is 113 Å². The molecule has 1 rings (SSSR count). The van der Waals surface area contributed by atoms with Crippen LogP contribution in [0.4, 0.5) is 13.2 Å². The fraction of sp³-hybridized carbons (Fsp3) is 0.231. The molecule has 0 amide bonds. The Morgan fingerprint density at radius 1 is 1.25 bits per heavy atom. The van der Waals surface area contributed by atoms with E-state index in [1.807, 2.05) is 0 Å². The summed E-state index contributed by atoms with van der Waals surface area (Å²) in [6, 6.07) is 7.62. The number of para-hydroxylation sites is 1. The Morgan fingerprint density at radius 2 is 1.80 bits per heavy atom. The number of alkyl halides is 3. The van der Waals surface area contributed by atoms with E-state index in [9.17, 15) is 22.8 Å². The van der Waals surface area contributed by atoms with Crippen LogP contribution in [-0.2, 0) is 14.3 Å². The van der Waals surface area contributed by atoms with Crippen molar-refractivity contribution in [2.45, 2.75) is 12.6 Å². The molecule has 0 radical (unpaired) electrons. The van der Waals surface area contributed by atoms with E-state index in [0.717, 1.165) is 6.08 Å². The van der Waals surface area contributed by atoms with Gasteiger partial charge in [0.2, 0.25) is 0 Å². The number of hydrogen-bond acceptors (Lipinski definition) is 4. The van der Waals surface area contributed by atoms with E-state index < -0.39 is 24.5 Å². The Bertz CT molecular complexity index is 441. The van der Waals surface area contributed by atoms with Crippen molar-refractivity contribution in [1.29, 1.82) is 0 Å². The van der Waals surface area contributed by atoms with Gasteiger partial charge in [-0.15, -0.1) is 0 Å². The van der Waals surface area contributed by atoms with Gasteiger partial charge in [-0.1, -0.05) is 24.8 Å². The second kappa shape index (κ2) is 8.73. The van der Waals surface area contributed by atoms with Crippen molar-refractivity contribution in [3.05, 3.63) is 43.0 Å². The third-order valence-electron chi connectivity index (χ3n) is 1.69. The number of carbonyl (C=O) groups excluding carboxylic acids is 2. The molecule has 0 aliphatic rings. The highest BCUT2D eigenvalue weighted by Gasteiger charge is 2.32. The molecule has 4 nitrogen and oxygen atoms in total. The number of esters is 2. The molecule has 0 aromatic heterocycles. The molecule has 20 heavy (non-hydrogen) atoms. The normalized spacial score (nSPS) is 9.80. The minimum absolute atomic E-state index is 0.113. The first-order chi connectivity index (χ1) is 9.28. The number of methoxy groups -OCH3 is 1. The van der Waals surface area contributed by atoms with Crippen LogP contribution in [0.5, 0.6) is 5.75 Å². The van der Waals surface area contributed by atoms with Crippen molar-refractivity contribution in [3.8, 4) is 5.75 Å². The van der Waals surface area contributed by atoms with Gasteiger partial charge in [0.15, 0.2) is 0 Å². The maximum Gasteiger partial charge on any atom is 0.399 e. The van der Waals surface area contributed by atoms with E-state index in [1.54, 1.807) is 18.2 Å². The second-order valence-corrected chi connectivity index (χ2v) is 3.31. The molecule has 7 heteroatoms. The summed E-state index contributed by atoms with van der Waals surface area (Å²) in [7, 11) is 1.31. The summed E-state index contributed by atoms with van der Waals surface area (Å²) in [5, 5.41) is 0. The summed E-state index contributed by atoms with van der Waals surface area (Å²) in [4.78, 5) is 20.5. The van der Waals surface area contributed by atoms with Gasteiger partial charge in [0.25, 0.3) is 0 Å². The van der Waals surface area contributed by atoms with Crippen molar-refractivity contribution < 1.29 is 32.2 Å². The largest absolute Gasteiger partial charge is 0.466 e. The zero-order chi connectivity index (χ0) is 15.6. The van der Waals surface area contributed by atoms with E-state index in [1.165, 1.54) is 19.2 Å². The van der Waals surface area contributed by atoms with Crippen LogP contribution in [-0.4, -0.2) is 25.2 Å². The van der Waals surface area contributed by atoms with Gasteiger partial charge < -0.3 is 9.47 Å². The third-order valence-corrected chi connectivity index (χ3v) is 1.69. The molecule has 0 bridgehead atoms. The zero-order valence-corrected chi connectivity index (χ0v) is 10.6. The van der Waals surface area contributed by atoms with Crippen LogP contribution in [0.1, 0.15) is 6.42 Å². The molecule has 0 atom stereocenters. The number of ether oxygens (including phenoxy) is 2. The van der Waals surface area contributed by atoms with E-state index in [0.29, 0.717) is 0 Å². The first kappa shape index (κ1) is 17.7. The Kier molecular flexibility index (Phi) is 7.72. The minimum atomic E-state index is -4.52. The topological polar surface area (TPSA) is 52.6 Å². The predicted molar refractivity (Wildman–Crippen MR) is 65.0 cm³/mol. The van der Waals surface area contributed by atoms with Crippen LogP contribution in [0.25, 0.3) is 0 Å². The number of carbonyl (C=O) groups is 2. The van der Waals surface area contributed by atoms with Gasteiger partial charge in [-0.2, -0.15) is 13.2 Å². The van der Waals surface area contributed by atoms with Gasteiger partial charge in [0, 0.05) is 6.08 Å². The Balaban J connectivity index is 0.000000511. The standard InChI is InChI=1S/C9H7F3O2.C4H6O2/c10-9(11,12)6-8(13)14-7-4-2-1-3-5-7;1-3-4(5)6-2/h1-5H,6H2;3H,1H2,2H3. The number of halogens is 3. The lowest BCUT2D eigenvalue weighted by atomic mass is 10.3. The Morgan fingerprint density at radius 3 is 2.15 bits per heavy atom. The Hall–Kier alpha value is -2.31. The molecule has 0 unspecified atom stereocenters. The van der Waals surface area contributed by atoms with Crippen LogP contribution in [0, 0.1) is 0 Å². The van der Waals surface area contributed by atoms with Gasteiger partial charge in [0.1, 0.15) is 12.2 Å². The number of hydrogen-bond donors (Lipinski definition) is 0. The monoisotopic (exact) mass is 290 g/mol. The predicted octanol–water partition coefficient (Wildman–Crippen LogP) is 2.89. The van der Waals surface area contributed by atoms with Crippen LogP contribution < -0.4 is 4.74 Å². The molecule has 110 valence electrons. The van der Waals surface area contributed by atoms with Gasteiger partial charge in [-0.3, -0.25) is 4.79 Å². The average molecular weight is 290 g/mol. The fourth-order valence-corrected chi connectivity index (χ4v) is 0.903. The van der Waals surface area contributed by atoms with Crippen LogP contribution in [0.2, 0.25) is 0 Å². The maximum atomic E-state index is 11.7. The van der Waals surface area contributed by atoms with Crippen molar-refractivity contribution in [1.82, 2.24) is 0 Å². The zero-order valence-electron chi connectivity index (χ0n) is 10.6. The summed E-state index contributed by atoms with van der Waals surface area (Å²) in [5.41, 5.74) is 0. The van der Waals surface area contributed by atoms with Gasteiger partial charge in [-0.05, 0) is 12.1 Å². The first-order valence-corrected chi connectivity index (χ1v) is 5.31. The van der Waals surface area contributed by atoms with Gasteiger partial charge in [-0.25, -0.2) is 4.79 Å². The van der Waals surface area contributed by atoms with E-state index >= 15 is 0 Å². The van der Waals surface area contributed by atoms with Crippen molar-refractivity contribution in [2.24, 2.45) is 0 Å². The second-order valence-electron chi connectivity index (χ2n) is 3.31. The molecule has 0 aliphatic carbocycles. The lowest BCUT2D eigenvalue weighted by molar-refractivity contribution is -0.164. The van der Waals surface area contributed by atoms with Gasteiger partial charge >= 0.3 is 18.1 Å². The third kappa shape index (κ3) is 9.69. The smallest absolute Gasteiger partial charge is 0.399 e. The SMILES string of the molecule is C=CC(=O)OC.O=C(CC(F)(F)F)Oc1ccccc1. The fourth-order valence-electron chi connectivity index (χ4n) is 0.903. The molecule has 0 spiro atoms. The highest BCUT2D eigenvalue weighted by Crippen LogP contribution is 2.20. The molecular formula is C13H13F3O4. The molecule has 0 saturated carbocycles. The van der Waals surface area contributed by atoms with Crippen LogP contribution in [0.15, 0.2) is 43.0 Å². The average Bonchev–Trinajstić information content (AvgIpc) is 2.37.